The third-order valence-corrected chi connectivity index (χ3v) is 16.8. The smallest absolute Gasteiger partial charge is 0.411 e. The highest BCUT2D eigenvalue weighted by atomic mass is 28.4. The van der Waals surface area contributed by atoms with Gasteiger partial charge in [0, 0.05) is 5.29 Å². The summed E-state index contributed by atoms with van der Waals surface area (Å²) in [7, 11) is -3.54. The maximum absolute atomic E-state index is 14.4. The number of hydrogen-bond acceptors (Lipinski definition) is 3. The molecule has 0 aromatic heterocycles. The molecule has 5 rings (SSSR count). The summed E-state index contributed by atoms with van der Waals surface area (Å²) in [6.07, 6.45) is -0.918. The zero-order chi connectivity index (χ0) is 27.2. The molecule has 3 aromatic carbocycles. The molecule has 0 N–H and O–H groups in total. The molecular weight excluding hydrogens is 505 g/mol. The first-order valence-corrected chi connectivity index (χ1v) is 20.6. The predicted octanol–water partition coefficient (Wildman–Crippen LogP) is 7.00. The number of nitrogens with zero attached hydrogens (tertiary/aromatic N) is 2. The van der Waals surface area contributed by atoms with E-state index >= 15 is 0 Å². The lowest BCUT2D eigenvalue weighted by molar-refractivity contribution is -0.158. The number of benzene rings is 3. The maximum atomic E-state index is 14.4. The first-order valence-electron chi connectivity index (χ1n) is 13.5. The largest absolute Gasteiger partial charge is 0.439 e. The van der Waals surface area contributed by atoms with E-state index in [-0.39, 0.29) is 17.2 Å². The molecule has 7 heteroatoms. The van der Waals surface area contributed by atoms with Crippen molar-refractivity contribution >= 4 is 28.1 Å². The summed E-state index contributed by atoms with van der Waals surface area (Å²) in [4.78, 5) is 32.0. The fourth-order valence-electron chi connectivity index (χ4n) is 6.84. The molecule has 0 aliphatic carbocycles. The lowest BCUT2D eigenvalue weighted by atomic mass is 9.85. The number of hydrogen-bond donors (Lipinski definition) is 0. The summed E-state index contributed by atoms with van der Waals surface area (Å²) in [5.74, 6) is 0.0419. The fourth-order valence-corrected chi connectivity index (χ4v) is 19.5. The zero-order valence-corrected chi connectivity index (χ0v) is 25.2. The Morgan fingerprint density at radius 2 is 1.03 bits per heavy atom. The molecule has 2 heterocycles. The van der Waals surface area contributed by atoms with Crippen molar-refractivity contribution in [3.05, 3.63) is 108 Å². The van der Waals surface area contributed by atoms with E-state index in [1.54, 1.807) is 4.90 Å². The Kier molecular flexibility index (Phi) is 6.86. The Morgan fingerprint density at radius 3 is 1.47 bits per heavy atom. The highest BCUT2D eigenvalue weighted by Gasteiger charge is 2.62. The molecular formula is C31H38N2O3Si2. The van der Waals surface area contributed by atoms with Gasteiger partial charge < -0.3 is 9.64 Å². The lowest BCUT2D eigenvalue weighted by Gasteiger charge is -2.59. The SMILES string of the molecule is C[Si](C)(C)C(N1C(=O)[C@@H](N2C(=O)O[C@H](c3ccccc3)[C@@H]2c2ccccc2)[C@H]1c1ccccc1)[Si](C)(C)C. The minimum Gasteiger partial charge on any atom is -0.439 e. The molecule has 4 atom stereocenters. The van der Waals surface area contributed by atoms with Gasteiger partial charge in [0.1, 0.15) is 12.1 Å². The zero-order valence-electron chi connectivity index (χ0n) is 23.2. The average Bonchev–Trinajstić information content (AvgIpc) is 3.21. The second-order valence-electron chi connectivity index (χ2n) is 12.7. The van der Waals surface area contributed by atoms with Crippen LogP contribution in [0.25, 0.3) is 0 Å². The normalized spacial score (nSPS) is 24.0. The van der Waals surface area contributed by atoms with Crippen molar-refractivity contribution in [1.29, 1.82) is 0 Å². The topological polar surface area (TPSA) is 49.9 Å². The van der Waals surface area contributed by atoms with E-state index in [0.717, 1.165) is 16.7 Å². The van der Waals surface area contributed by atoms with Gasteiger partial charge in [0.15, 0.2) is 6.10 Å². The quantitative estimate of drug-likeness (QED) is 0.239. The van der Waals surface area contributed by atoms with Crippen molar-refractivity contribution in [2.45, 2.75) is 68.8 Å². The standard InChI is InChI=1S/C31H38N2O3Si2/c1-37(2,3)31(38(4,5)6)33-25(22-16-10-7-11-17-22)27(29(33)34)32-26(23-18-12-8-13-19-23)28(36-30(32)35)24-20-14-9-15-21-24/h7-21,25-28,31H,1-6H3/t25-,26+,27+,28-/m1/s1. The number of β-lactam (4-membered cyclic amide) rings is 1. The average molecular weight is 543 g/mol. The van der Waals surface area contributed by atoms with Gasteiger partial charge in [0.2, 0.25) is 5.91 Å². The Bertz CT molecular complexity index is 1280. The van der Waals surface area contributed by atoms with Crippen LogP contribution in [-0.2, 0) is 9.53 Å². The Balaban J connectivity index is 1.63. The van der Waals surface area contributed by atoms with Crippen LogP contribution < -0.4 is 0 Å². The maximum Gasteiger partial charge on any atom is 0.411 e. The van der Waals surface area contributed by atoms with Crippen LogP contribution in [0.5, 0.6) is 0 Å². The molecule has 2 aliphatic heterocycles. The molecule has 3 aromatic rings. The van der Waals surface area contributed by atoms with Gasteiger partial charge in [0.25, 0.3) is 0 Å². The number of ether oxygens (including phenoxy) is 1. The molecule has 2 amide bonds. The molecule has 0 saturated carbocycles. The second-order valence-corrected chi connectivity index (χ2v) is 23.8. The number of carbonyl (C=O) groups is 2. The van der Waals surface area contributed by atoms with Crippen LogP contribution in [0.2, 0.25) is 39.3 Å². The van der Waals surface area contributed by atoms with Crippen molar-refractivity contribution in [2.75, 3.05) is 0 Å². The molecule has 5 nitrogen and oxygen atoms in total. The van der Waals surface area contributed by atoms with E-state index in [9.17, 15) is 9.59 Å². The Morgan fingerprint density at radius 1 is 0.605 bits per heavy atom. The molecule has 2 fully saturated rings. The number of amides is 2. The van der Waals surface area contributed by atoms with Crippen LogP contribution >= 0.6 is 0 Å². The van der Waals surface area contributed by atoms with E-state index in [2.05, 4.69) is 56.3 Å². The summed E-state index contributed by atoms with van der Waals surface area (Å²) in [5, 5.41) is 0.239. The number of rotatable bonds is 7. The summed E-state index contributed by atoms with van der Waals surface area (Å²) < 4.78 is 6.08. The van der Waals surface area contributed by atoms with Crippen LogP contribution in [0, 0.1) is 0 Å². The molecule has 0 bridgehead atoms. The van der Waals surface area contributed by atoms with Crippen LogP contribution in [0.15, 0.2) is 91.0 Å². The van der Waals surface area contributed by atoms with E-state index < -0.39 is 40.4 Å². The Labute approximate surface area is 228 Å². The van der Waals surface area contributed by atoms with Crippen molar-refractivity contribution in [3.63, 3.8) is 0 Å². The van der Waals surface area contributed by atoms with Gasteiger partial charge in [-0.25, -0.2) is 4.79 Å². The van der Waals surface area contributed by atoms with E-state index in [1.807, 2.05) is 78.9 Å². The minimum absolute atomic E-state index is 0.0419. The van der Waals surface area contributed by atoms with Crippen molar-refractivity contribution in [1.82, 2.24) is 9.80 Å². The molecule has 0 radical (unpaired) electrons. The van der Waals surface area contributed by atoms with Gasteiger partial charge in [-0.1, -0.05) is 130 Å². The van der Waals surface area contributed by atoms with Gasteiger partial charge in [-0.2, -0.15) is 0 Å². The second kappa shape index (κ2) is 9.86. The molecule has 0 spiro atoms. The summed E-state index contributed by atoms with van der Waals surface area (Å²) in [5.41, 5.74) is 2.97. The first kappa shape index (κ1) is 26.4. The van der Waals surface area contributed by atoms with Crippen molar-refractivity contribution in [2.24, 2.45) is 0 Å². The van der Waals surface area contributed by atoms with E-state index in [1.165, 1.54) is 0 Å². The van der Waals surface area contributed by atoms with Crippen LogP contribution in [0.3, 0.4) is 0 Å². The van der Waals surface area contributed by atoms with Gasteiger partial charge in [0.05, 0.1) is 22.2 Å². The predicted molar refractivity (Wildman–Crippen MR) is 157 cm³/mol. The Hall–Kier alpha value is -3.17. The van der Waals surface area contributed by atoms with Crippen LogP contribution in [0.4, 0.5) is 4.79 Å². The molecule has 2 saturated heterocycles. The summed E-state index contributed by atoms with van der Waals surface area (Å²) in [6.45, 7) is 14.2. The number of cyclic esters (lactones) is 1. The monoisotopic (exact) mass is 542 g/mol. The third-order valence-electron chi connectivity index (χ3n) is 7.76. The lowest BCUT2D eigenvalue weighted by Crippen LogP contribution is -2.76. The van der Waals surface area contributed by atoms with Crippen LogP contribution in [-0.4, -0.2) is 49.3 Å². The summed E-state index contributed by atoms with van der Waals surface area (Å²) >= 11 is 0. The third kappa shape index (κ3) is 4.62. The molecule has 198 valence electrons. The van der Waals surface area contributed by atoms with Crippen molar-refractivity contribution < 1.29 is 14.3 Å². The fraction of sp³-hybridized carbons (Fsp3) is 0.355. The van der Waals surface area contributed by atoms with Gasteiger partial charge in [-0.15, -0.1) is 0 Å². The van der Waals surface area contributed by atoms with Crippen LogP contribution in [0.1, 0.15) is 34.9 Å². The molecule has 38 heavy (non-hydrogen) atoms. The highest BCUT2D eigenvalue weighted by Crippen LogP contribution is 2.51. The first-order chi connectivity index (χ1) is 18.0. The van der Waals surface area contributed by atoms with Crippen molar-refractivity contribution in [3.8, 4) is 0 Å². The van der Waals surface area contributed by atoms with E-state index in [4.69, 9.17) is 4.74 Å². The number of likely N-dealkylation sites (tertiary alicyclic amines) is 1. The summed E-state index contributed by atoms with van der Waals surface area (Å²) in [6, 6.07) is 28.9. The number of carbonyl (C=O) groups excluding carboxylic acids is 2. The molecule has 0 unspecified atom stereocenters. The highest BCUT2D eigenvalue weighted by molar-refractivity contribution is 6.96. The van der Waals surface area contributed by atoms with Gasteiger partial charge in [-0.05, 0) is 16.7 Å². The minimum atomic E-state index is -1.77. The van der Waals surface area contributed by atoms with E-state index in [0.29, 0.717) is 0 Å². The molecule has 2 aliphatic rings. The van der Waals surface area contributed by atoms with Gasteiger partial charge in [-0.3, -0.25) is 9.69 Å². The van der Waals surface area contributed by atoms with Gasteiger partial charge >= 0.3 is 6.09 Å².